The van der Waals surface area contributed by atoms with Crippen LogP contribution in [0.1, 0.15) is 52.8 Å². The zero-order chi connectivity index (χ0) is 24.6. The highest BCUT2D eigenvalue weighted by molar-refractivity contribution is 7.93. The molecule has 0 radical (unpaired) electrons. The van der Waals surface area contributed by atoms with Crippen molar-refractivity contribution in [3.8, 4) is 0 Å². The lowest BCUT2D eigenvalue weighted by Gasteiger charge is -2.33. The molecule has 8 nitrogen and oxygen atoms in total. The minimum absolute atomic E-state index is 0.149. The molecule has 10 heteroatoms. The Bertz CT molecular complexity index is 1370. The highest BCUT2D eigenvalue weighted by Gasteiger charge is 2.30. The lowest BCUT2D eigenvalue weighted by molar-refractivity contribution is 0.0863. The van der Waals surface area contributed by atoms with Gasteiger partial charge in [-0.2, -0.15) is 0 Å². The second kappa shape index (κ2) is 9.54. The van der Waals surface area contributed by atoms with Crippen LogP contribution in [0.4, 0.5) is 5.69 Å². The Balaban J connectivity index is 1.25. The number of carbonyl (C=O) groups excluding carboxylic acids is 2. The number of hydrogen-bond donors (Lipinski definition) is 3. The molecular weight excluding hydrogens is 488 g/mol. The Morgan fingerprint density at radius 2 is 1.54 bits per heavy atom. The zero-order valence-corrected chi connectivity index (χ0v) is 20.7. The Labute approximate surface area is 209 Å². The van der Waals surface area contributed by atoms with E-state index >= 15 is 0 Å². The van der Waals surface area contributed by atoms with Gasteiger partial charge in [0.05, 0.1) is 16.5 Å². The van der Waals surface area contributed by atoms with Crippen molar-refractivity contribution in [3.05, 3.63) is 64.8 Å². The van der Waals surface area contributed by atoms with Crippen LogP contribution in [0.15, 0.2) is 48.7 Å². The number of H-pyrrole nitrogens is 1. The first-order valence-electron chi connectivity index (χ1n) is 11.8. The molecule has 0 unspecified atom stereocenters. The summed E-state index contributed by atoms with van der Waals surface area (Å²) in [5.74, 6) is -0.286. The third kappa shape index (κ3) is 4.88. The van der Waals surface area contributed by atoms with E-state index in [9.17, 15) is 18.0 Å². The van der Waals surface area contributed by atoms with Crippen molar-refractivity contribution in [2.45, 2.75) is 44.2 Å². The van der Waals surface area contributed by atoms with Crippen molar-refractivity contribution < 1.29 is 18.0 Å². The molecule has 3 aromatic rings. The van der Waals surface area contributed by atoms with Crippen LogP contribution < -0.4 is 14.9 Å². The van der Waals surface area contributed by atoms with Crippen LogP contribution in [0.5, 0.6) is 0 Å². The van der Waals surface area contributed by atoms with E-state index in [0.717, 1.165) is 36.6 Å². The fourth-order valence-corrected chi connectivity index (χ4v) is 6.70. The van der Waals surface area contributed by atoms with Crippen molar-refractivity contribution >= 4 is 50.0 Å². The first-order valence-corrected chi connectivity index (χ1v) is 13.8. The molecule has 2 aromatic carbocycles. The van der Waals surface area contributed by atoms with Gasteiger partial charge in [0.25, 0.3) is 11.8 Å². The monoisotopic (exact) mass is 514 g/mol. The van der Waals surface area contributed by atoms with Gasteiger partial charge in [-0.1, -0.05) is 30.5 Å². The number of amides is 2. The Kier molecular flexibility index (Phi) is 6.46. The van der Waals surface area contributed by atoms with Gasteiger partial charge in [0.15, 0.2) is 0 Å². The molecule has 0 spiro atoms. The van der Waals surface area contributed by atoms with Crippen LogP contribution >= 0.6 is 11.6 Å². The van der Waals surface area contributed by atoms with E-state index in [1.165, 1.54) is 4.31 Å². The van der Waals surface area contributed by atoms with Gasteiger partial charge in [-0.15, -0.1) is 0 Å². The van der Waals surface area contributed by atoms with Gasteiger partial charge in [0.1, 0.15) is 0 Å². The molecule has 1 saturated heterocycles. The summed E-state index contributed by atoms with van der Waals surface area (Å²) in [6.07, 6.45) is 5.78. The molecule has 1 aromatic heterocycles. The topological polar surface area (TPSA) is 111 Å². The highest BCUT2D eigenvalue weighted by Crippen LogP contribution is 2.26. The number of sulfonamides is 1. The SMILES string of the molecule is O=C(N[C@H]1CCCC[C@H]1NC(=O)c1ccc2c(Cl)c[nH]c2c1)c1ccc(N2CCCS2(=O)=O)cc1. The number of anilines is 1. The summed E-state index contributed by atoms with van der Waals surface area (Å²) >= 11 is 6.13. The number of nitrogens with zero attached hydrogens (tertiary/aromatic N) is 1. The molecule has 35 heavy (non-hydrogen) atoms. The van der Waals surface area contributed by atoms with Crippen LogP contribution in [0.3, 0.4) is 0 Å². The minimum Gasteiger partial charge on any atom is -0.360 e. The predicted octanol–water partition coefficient (Wildman–Crippen LogP) is 3.83. The maximum absolute atomic E-state index is 13.0. The quantitative estimate of drug-likeness (QED) is 0.480. The van der Waals surface area contributed by atoms with E-state index < -0.39 is 10.0 Å². The molecule has 3 N–H and O–H groups in total. The first kappa shape index (κ1) is 23.7. The molecule has 2 aliphatic rings. The summed E-state index contributed by atoms with van der Waals surface area (Å²) in [6.45, 7) is 0.459. The molecule has 1 aliphatic carbocycles. The number of carbonyl (C=O) groups is 2. The molecule has 1 saturated carbocycles. The largest absolute Gasteiger partial charge is 0.360 e. The number of benzene rings is 2. The maximum atomic E-state index is 13.0. The van der Waals surface area contributed by atoms with E-state index in [1.54, 1.807) is 42.6 Å². The van der Waals surface area contributed by atoms with Gasteiger partial charge in [-0.3, -0.25) is 13.9 Å². The zero-order valence-electron chi connectivity index (χ0n) is 19.1. The van der Waals surface area contributed by atoms with Crippen LogP contribution in [0, 0.1) is 0 Å². The minimum atomic E-state index is -3.26. The summed E-state index contributed by atoms with van der Waals surface area (Å²) < 4.78 is 25.7. The third-order valence-electron chi connectivity index (χ3n) is 6.81. The Morgan fingerprint density at radius 1 is 0.914 bits per heavy atom. The molecule has 0 bridgehead atoms. The molecule has 2 heterocycles. The fraction of sp³-hybridized carbons (Fsp3) is 0.360. The number of hydrogen-bond acceptors (Lipinski definition) is 4. The third-order valence-corrected chi connectivity index (χ3v) is 8.99. The Morgan fingerprint density at radius 3 is 2.17 bits per heavy atom. The van der Waals surface area contributed by atoms with Gasteiger partial charge in [-0.05, 0) is 55.7 Å². The average molecular weight is 515 g/mol. The van der Waals surface area contributed by atoms with Crippen LogP contribution in [0.25, 0.3) is 10.9 Å². The highest BCUT2D eigenvalue weighted by atomic mass is 35.5. The number of halogens is 1. The Hall–Kier alpha value is -3.04. The lowest BCUT2D eigenvalue weighted by atomic mass is 9.89. The normalized spacial score (nSPS) is 21.7. The van der Waals surface area contributed by atoms with E-state index in [0.29, 0.717) is 34.8 Å². The number of aromatic nitrogens is 1. The number of nitrogens with one attached hydrogen (secondary N) is 3. The number of aromatic amines is 1. The first-order chi connectivity index (χ1) is 16.8. The number of fused-ring (bicyclic) bond motifs is 1. The van der Waals surface area contributed by atoms with Gasteiger partial charge in [-0.25, -0.2) is 8.42 Å². The summed E-state index contributed by atoms with van der Waals surface area (Å²) in [5, 5.41) is 7.64. The van der Waals surface area contributed by atoms with Crippen LogP contribution in [-0.4, -0.2) is 49.6 Å². The molecule has 5 rings (SSSR count). The smallest absolute Gasteiger partial charge is 0.251 e. The number of rotatable bonds is 5. The van der Waals surface area contributed by atoms with Crippen molar-refractivity contribution in [1.29, 1.82) is 0 Å². The van der Waals surface area contributed by atoms with Crippen molar-refractivity contribution in [1.82, 2.24) is 15.6 Å². The standard InChI is InChI=1S/C25H27ClN4O4S/c26-20-15-27-23-14-17(8-11-19(20)23)25(32)29-22-5-2-1-4-21(22)28-24(31)16-6-9-18(10-7-16)30-12-3-13-35(30,33)34/h6-11,14-15,21-22,27H,1-5,12-13H2,(H,28,31)(H,29,32)/t21-,22+/m0/s1. The second-order valence-corrected chi connectivity index (χ2v) is 11.5. The molecule has 2 amide bonds. The van der Waals surface area contributed by atoms with Crippen molar-refractivity contribution in [2.75, 3.05) is 16.6 Å². The second-order valence-electron chi connectivity index (χ2n) is 9.13. The van der Waals surface area contributed by atoms with Crippen LogP contribution in [-0.2, 0) is 10.0 Å². The van der Waals surface area contributed by atoms with E-state index in [-0.39, 0.29) is 29.7 Å². The molecule has 2 atom stereocenters. The van der Waals surface area contributed by atoms with Crippen LogP contribution in [0.2, 0.25) is 5.02 Å². The molecule has 1 aliphatic heterocycles. The molecule has 184 valence electrons. The average Bonchev–Trinajstić information content (AvgIpc) is 3.41. The molecular formula is C25H27ClN4O4S. The predicted molar refractivity (Wildman–Crippen MR) is 136 cm³/mol. The summed E-state index contributed by atoms with van der Waals surface area (Å²) in [6, 6.07) is 11.6. The summed E-state index contributed by atoms with van der Waals surface area (Å²) in [7, 11) is -3.26. The van der Waals surface area contributed by atoms with E-state index in [4.69, 9.17) is 11.6 Å². The van der Waals surface area contributed by atoms with E-state index in [1.807, 2.05) is 6.07 Å². The fourth-order valence-electron chi connectivity index (χ4n) is 4.92. The van der Waals surface area contributed by atoms with E-state index in [2.05, 4.69) is 15.6 Å². The van der Waals surface area contributed by atoms with Gasteiger partial charge < -0.3 is 15.6 Å². The van der Waals surface area contributed by atoms with Gasteiger partial charge in [0, 0.05) is 46.9 Å². The van der Waals surface area contributed by atoms with Gasteiger partial charge >= 0.3 is 0 Å². The van der Waals surface area contributed by atoms with Gasteiger partial charge in [0.2, 0.25) is 10.0 Å². The maximum Gasteiger partial charge on any atom is 0.251 e. The summed E-state index contributed by atoms with van der Waals surface area (Å²) in [5.41, 5.74) is 2.35. The summed E-state index contributed by atoms with van der Waals surface area (Å²) in [4.78, 5) is 29.0. The lowest BCUT2D eigenvalue weighted by Crippen LogP contribution is -2.53. The van der Waals surface area contributed by atoms with Crippen molar-refractivity contribution in [2.24, 2.45) is 0 Å². The molecule has 2 fully saturated rings. The van der Waals surface area contributed by atoms with Crippen molar-refractivity contribution in [3.63, 3.8) is 0 Å².